The Hall–Kier alpha value is -7.42. The summed E-state index contributed by atoms with van der Waals surface area (Å²) in [5.41, 5.74) is 16.5. The van der Waals surface area contributed by atoms with Crippen LogP contribution < -0.4 is 4.90 Å². The number of hydrogen-bond acceptors (Lipinski definition) is 1. The van der Waals surface area contributed by atoms with Gasteiger partial charge in [0.2, 0.25) is 0 Å². The molecule has 0 aliphatic heterocycles. The van der Waals surface area contributed by atoms with Crippen molar-refractivity contribution in [3.05, 3.63) is 231 Å². The largest absolute Gasteiger partial charge is 0.311 e. The summed E-state index contributed by atoms with van der Waals surface area (Å²) in [5.74, 6) is 0. The van der Waals surface area contributed by atoms with Crippen LogP contribution in [0.5, 0.6) is 0 Å². The first-order chi connectivity index (χ1) is 27.8. The maximum absolute atomic E-state index is 2.37. The summed E-state index contributed by atoms with van der Waals surface area (Å²) in [6, 6.07) is 82.9. The van der Waals surface area contributed by atoms with Crippen molar-refractivity contribution in [1.82, 2.24) is 4.57 Å². The van der Waals surface area contributed by atoms with Crippen LogP contribution in [0.15, 0.2) is 231 Å². The first-order valence-electron chi connectivity index (χ1n) is 19.2. The van der Waals surface area contributed by atoms with Gasteiger partial charge in [-0.15, -0.1) is 0 Å². The van der Waals surface area contributed by atoms with Gasteiger partial charge in [0.25, 0.3) is 0 Å². The van der Waals surface area contributed by atoms with E-state index in [0.29, 0.717) is 0 Å². The molecule has 2 nitrogen and oxygen atoms in total. The van der Waals surface area contributed by atoms with Gasteiger partial charge < -0.3 is 9.47 Å². The SMILES string of the molecule is c1ccc(-c2ccc(N(c3ccc(-c4ccc5c(c4)c4ccccc4n5-c4ccccc4)cc3)c3ccc(-c4ccccc4-c4ccccc4)cc3)cc2)cc1. The Morgan fingerprint density at radius 1 is 0.268 bits per heavy atom. The second-order valence-corrected chi connectivity index (χ2v) is 14.2. The van der Waals surface area contributed by atoms with Gasteiger partial charge in [0.05, 0.1) is 11.0 Å². The molecule has 0 atom stereocenters. The van der Waals surface area contributed by atoms with Gasteiger partial charge >= 0.3 is 0 Å². The van der Waals surface area contributed by atoms with Crippen molar-refractivity contribution in [2.75, 3.05) is 4.90 Å². The summed E-state index contributed by atoms with van der Waals surface area (Å²) in [6.07, 6.45) is 0. The summed E-state index contributed by atoms with van der Waals surface area (Å²) in [6.45, 7) is 0. The Morgan fingerprint density at radius 3 is 1.25 bits per heavy atom. The fourth-order valence-corrected chi connectivity index (χ4v) is 8.09. The highest BCUT2D eigenvalue weighted by Gasteiger charge is 2.16. The van der Waals surface area contributed by atoms with Crippen LogP contribution in [0.25, 0.3) is 72.0 Å². The van der Waals surface area contributed by atoms with Gasteiger partial charge in [0.1, 0.15) is 0 Å². The molecule has 10 rings (SSSR count). The number of aromatic nitrogens is 1. The molecule has 0 amide bonds. The molecule has 9 aromatic carbocycles. The molecule has 0 aliphatic carbocycles. The van der Waals surface area contributed by atoms with E-state index in [1.807, 2.05) is 0 Å². The van der Waals surface area contributed by atoms with Crippen LogP contribution in [0.1, 0.15) is 0 Å². The van der Waals surface area contributed by atoms with Crippen molar-refractivity contribution in [2.45, 2.75) is 0 Å². The van der Waals surface area contributed by atoms with Crippen LogP contribution in [0, 0.1) is 0 Å². The second kappa shape index (κ2) is 14.4. The lowest BCUT2D eigenvalue weighted by molar-refractivity contribution is 1.18. The van der Waals surface area contributed by atoms with Gasteiger partial charge in [-0.05, 0) is 111 Å². The molecule has 0 fully saturated rings. The van der Waals surface area contributed by atoms with Crippen LogP contribution >= 0.6 is 0 Å². The zero-order valence-electron chi connectivity index (χ0n) is 30.8. The number of nitrogens with zero attached hydrogens (tertiary/aromatic N) is 2. The first kappa shape index (κ1) is 33.2. The van der Waals surface area contributed by atoms with Crippen molar-refractivity contribution >= 4 is 38.9 Å². The van der Waals surface area contributed by atoms with Gasteiger partial charge in [0, 0.05) is 33.5 Å². The Bertz CT molecular complexity index is 2910. The van der Waals surface area contributed by atoms with Gasteiger partial charge in [-0.2, -0.15) is 0 Å². The molecule has 0 N–H and O–H groups in total. The first-order valence-corrected chi connectivity index (χ1v) is 19.2. The summed E-state index contributed by atoms with van der Waals surface area (Å²) in [7, 11) is 0. The number of anilines is 3. The minimum absolute atomic E-state index is 1.10. The number of para-hydroxylation sites is 2. The van der Waals surface area contributed by atoms with Gasteiger partial charge in [-0.3, -0.25) is 0 Å². The highest BCUT2D eigenvalue weighted by molar-refractivity contribution is 6.10. The minimum atomic E-state index is 1.10. The normalized spacial score (nSPS) is 11.2. The molecule has 0 aliphatic rings. The van der Waals surface area contributed by atoms with Crippen molar-refractivity contribution in [2.24, 2.45) is 0 Å². The predicted octanol–water partition coefficient (Wildman–Crippen LogP) is 14.9. The van der Waals surface area contributed by atoms with E-state index in [2.05, 4.69) is 240 Å². The lowest BCUT2D eigenvalue weighted by Crippen LogP contribution is -2.09. The zero-order valence-corrected chi connectivity index (χ0v) is 30.8. The molecule has 0 radical (unpaired) electrons. The Balaban J connectivity index is 1.03. The third-order valence-corrected chi connectivity index (χ3v) is 10.8. The van der Waals surface area contributed by atoms with Gasteiger partial charge in [0.15, 0.2) is 0 Å². The summed E-state index contributed by atoms with van der Waals surface area (Å²) >= 11 is 0. The standard InChI is InChI=1S/C54H38N2/c1-4-14-39(15-5-1)40-24-31-46(32-25-40)55(48-35-28-43(29-36-48)50-21-11-10-20-49(50)42-16-6-2-7-17-42)47-33-26-41(27-34-47)44-30-37-54-52(38-44)51-22-12-13-23-53(51)56(54)45-18-8-3-9-19-45/h1-38H. The quantitative estimate of drug-likeness (QED) is 0.152. The van der Waals surface area contributed by atoms with Crippen LogP contribution in [0.4, 0.5) is 17.1 Å². The lowest BCUT2D eigenvalue weighted by atomic mass is 9.94. The van der Waals surface area contributed by atoms with E-state index in [1.165, 1.54) is 72.0 Å². The van der Waals surface area contributed by atoms with Crippen LogP contribution in [-0.4, -0.2) is 4.57 Å². The van der Waals surface area contributed by atoms with Crippen molar-refractivity contribution < 1.29 is 0 Å². The average molecular weight is 715 g/mol. The lowest BCUT2D eigenvalue weighted by Gasteiger charge is -2.26. The van der Waals surface area contributed by atoms with E-state index in [9.17, 15) is 0 Å². The molecule has 1 heterocycles. The van der Waals surface area contributed by atoms with E-state index in [4.69, 9.17) is 0 Å². The Morgan fingerprint density at radius 2 is 0.661 bits per heavy atom. The molecule has 0 unspecified atom stereocenters. The molecule has 0 spiro atoms. The van der Waals surface area contributed by atoms with Crippen LogP contribution in [-0.2, 0) is 0 Å². The molecule has 0 saturated heterocycles. The molecular weight excluding hydrogens is 677 g/mol. The molecule has 1 aromatic heterocycles. The maximum atomic E-state index is 2.37. The van der Waals surface area contributed by atoms with Crippen LogP contribution in [0.3, 0.4) is 0 Å². The van der Waals surface area contributed by atoms with Crippen molar-refractivity contribution in [3.63, 3.8) is 0 Å². The molecule has 264 valence electrons. The molecule has 0 bridgehead atoms. The highest BCUT2D eigenvalue weighted by atomic mass is 15.1. The third-order valence-electron chi connectivity index (χ3n) is 10.8. The van der Waals surface area contributed by atoms with Crippen molar-refractivity contribution in [3.8, 4) is 50.2 Å². The molecule has 56 heavy (non-hydrogen) atoms. The predicted molar refractivity (Wildman–Crippen MR) is 237 cm³/mol. The van der Waals surface area contributed by atoms with Gasteiger partial charge in [-0.1, -0.05) is 164 Å². The Labute approximate surface area is 327 Å². The number of fused-ring (bicyclic) bond motifs is 3. The fraction of sp³-hybridized carbons (Fsp3) is 0. The minimum Gasteiger partial charge on any atom is -0.311 e. The van der Waals surface area contributed by atoms with E-state index in [-0.39, 0.29) is 0 Å². The Kier molecular flexibility index (Phi) is 8.55. The average Bonchev–Trinajstić information content (AvgIpc) is 3.62. The number of hydrogen-bond donors (Lipinski definition) is 0. The topological polar surface area (TPSA) is 8.17 Å². The van der Waals surface area contributed by atoms with E-state index >= 15 is 0 Å². The second-order valence-electron chi connectivity index (χ2n) is 14.2. The van der Waals surface area contributed by atoms with Crippen LogP contribution in [0.2, 0.25) is 0 Å². The third kappa shape index (κ3) is 6.14. The molecular formula is C54H38N2. The summed E-state index contributed by atoms with van der Waals surface area (Å²) in [5, 5.41) is 2.50. The molecule has 2 heteroatoms. The maximum Gasteiger partial charge on any atom is 0.0541 e. The summed E-state index contributed by atoms with van der Waals surface area (Å²) < 4.78 is 2.37. The smallest absolute Gasteiger partial charge is 0.0541 e. The fourth-order valence-electron chi connectivity index (χ4n) is 8.09. The number of benzene rings is 9. The zero-order chi connectivity index (χ0) is 37.3. The van der Waals surface area contributed by atoms with E-state index in [1.54, 1.807) is 0 Å². The molecule has 0 saturated carbocycles. The van der Waals surface area contributed by atoms with Crippen molar-refractivity contribution in [1.29, 1.82) is 0 Å². The molecule has 10 aromatic rings. The van der Waals surface area contributed by atoms with E-state index < -0.39 is 0 Å². The van der Waals surface area contributed by atoms with E-state index in [0.717, 1.165) is 17.1 Å². The van der Waals surface area contributed by atoms with Gasteiger partial charge in [-0.25, -0.2) is 0 Å². The summed E-state index contributed by atoms with van der Waals surface area (Å²) in [4.78, 5) is 2.35. The monoisotopic (exact) mass is 714 g/mol. The number of rotatable bonds is 8. The highest BCUT2D eigenvalue weighted by Crippen LogP contribution is 2.40.